The summed E-state index contributed by atoms with van der Waals surface area (Å²) in [6.45, 7) is 4.48. The number of carbonyl (C=O) groups is 2. The first-order chi connectivity index (χ1) is 15.5. The molecule has 0 spiro atoms. The zero-order chi connectivity index (χ0) is 22.7. The Bertz CT molecular complexity index is 1080. The molecule has 0 aromatic heterocycles. The highest BCUT2D eigenvalue weighted by molar-refractivity contribution is 6.04. The van der Waals surface area contributed by atoms with Gasteiger partial charge in [0, 0.05) is 29.0 Å². The van der Waals surface area contributed by atoms with Gasteiger partial charge in [-0.1, -0.05) is 55.5 Å². The molecule has 2 aromatic carbocycles. The van der Waals surface area contributed by atoms with Gasteiger partial charge < -0.3 is 14.8 Å². The quantitative estimate of drug-likeness (QED) is 0.652. The molecule has 2 atom stereocenters. The zero-order valence-corrected chi connectivity index (χ0v) is 18.8. The fourth-order valence-electron chi connectivity index (χ4n) is 4.75. The lowest BCUT2D eigenvalue weighted by Crippen LogP contribution is -2.36. The van der Waals surface area contributed by atoms with Crippen molar-refractivity contribution < 1.29 is 19.1 Å². The van der Waals surface area contributed by atoms with Crippen molar-refractivity contribution in [1.82, 2.24) is 5.32 Å². The number of ketones is 1. The van der Waals surface area contributed by atoms with E-state index in [0.717, 1.165) is 23.2 Å². The molecule has 1 aliphatic carbocycles. The number of para-hydroxylation sites is 1. The highest BCUT2D eigenvalue weighted by atomic mass is 16.5. The maximum atomic E-state index is 13.6. The predicted molar refractivity (Wildman–Crippen MR) is 123 cm³/mol. The van der Waals surface area contributed by atoms with Crippen LogP contribution >= 0.6 is 0 Å². The molecule has 4 rings (SSSR count). The van der Waals surface area contributed by atoms with Crippen LogP contribution in [0.5, 0.6) is 5.75 Å². The molecule has 1 N–H and O–H groups in total. The molecule has 0 fully saturated rings. The van der Waals surface area contributed by atoms with Crippen LogP contribution < -0.4 is 10.1 Å². The second kappa shape index (κ2) is 9.43. The topological polar surface area (TPSA) is 64.6 Å². The Morgan fingerprint density at radius 1 is 1.06 bits per heavy atom. The van der Waals surface area contributed by atoms with E-state index in [0.29, 0.717) is 42.0 Å². The lowest BCUT2D eigenvalue weighted by molar-refractivity contribution is -0.136. The number of hydrogen-bond donors (Lipinski definition) is 1. The molecule has 1 heterocycles. The van der Waals surface area contributed by atoms with E-state index in [1.54, 1.807) is 0 Å². The first-order valence-corrected chi connectivity index (χ1v) is 11.1. The Labute approximate surface area is 189 Å². The number of dihydropyridines is 1. The standard InChI is InChI=1S/C27H29NO4/c1-4-14-32-23-13-9-8-12-20(23)25-24(27(30)31-3)17(2)28-21-15-19(16-22(29)26(21)25)18-10-6-5-7-11-18/h5-13,19,25,28H,4,14-16H2,1-3H3/t19-,25-/m1/s1. The second-order valence-corrected chi connectivity index (χ2v) is 8.31. The van der Waals surface area contributed by atoms with Crippen molar-refractivity contribution >= 4 is 11.8 Å². The van der Waals surface area contributed by atoms with Gasteiger partial charge in [-0.2, -0.15) is 0 Å². The van der Waals surface area contributed by atoms with Crippen molar-refractivity contribution in [2.45, 2.75) is 44.9 Å². The smallest absolute Gasteiger partial charge is 0.336 e. The molecule has 2 aromatic rings. The third-order valence-electron chi connectivity index (χ3n) is 6.20. The Balaban J connectivity index is 1.83. The van der Waals surface area contributed by atoms with Gasteiger partial charge in [-0.15, -0.1) is 0 Å². The molecule has 0 radical (unpaired) electrons. The summed E-state index contributed by atoms with van der Waals surface area (Å²) in [5, 5.41) is 3.37. The van der Waals surface area contributed by atoms with Crippen LogP contribution in [-0.4, -0.2) is 25.5 Å². The van der Waals surface area contributed by atoms with Crippen molar-refractivity contribution in [3.05, 3.63) is 88.3 Å². The predicted octanol–water partition coefficient (Wildman–Crippen LogP) is 5.01. The first-order valence-electron chi connectivity index (χ1n) is 11.1. The fraction of sp³-hybridized carbons (Fsp3) is 0.333. The Hall–Kier alpha value is -3.34. The van der Waals surface area contributed by atoms with E-state index < -0.39 is 11.9 Å². The number of ether oxygens (including phenoxy) is 2. The normalized spacial score (nSPS) is 20.5. The molecule has 1 aliphatic heterocycles. The van der Waals surface area contributed by atoms with Gasteiger partial charge in [0.1, 0.15) is 5.75 Å². The summed E-state index contributed by atoms with van der Waals surface area (Å²) in [5.41, 5.74) is 4.68. The number of nitrogens with one attached hydrogen (secondary N) is 1. The minimum Gasteiger partial charge on any atom is -0.493 e. The van der Waals surface area contributed by atoms with Crippen LogP contribution in [0.15, 0.2) is 77.1 Å². The molecule has 166 valence electrons. The molecule has 0 amide bonds. The number of benzene rings is 2. The van der Waals surface area contributed by atoms with Gasteiger partial charge in [0.25, 0.3) is 0 Å². The summed E-state index contributed by atoms with van der Waals surface area (Å²) >= 11 is 0. The summed E-state index contributed by atoms with van der Waals surface area (Å²) in [4.78, 5) is 26.4. The third-order valence-corrected chi connectivity index (χ3v) is 6.20. The maximum Gasteiger partial charge on any atom is 0.336 e. The van der Waals surface area contributed by atoms with Gasteiger partial charge in [-0.3, -0.25) is 4.79 Å². The number of rotatable bonds is 6. The molecule has 0 saturated heterocycles. The van der Waals surface area contributed by atoms with E-state index in [1.165, 1.54) is 7.11 Å². The maximum absolute atomic E-state index is 13.6. The molecule has 0 saturated carbocycles. The highest BCUT2D eigenvalue weighted by Gasteiger charge is 2.42. The average molecular weight is 432 g/mol. The monoisotopic (exact) mass is 431 g/mol. The van der Waals surface area contributed by atoms with Crippen molar-refractivity contribution in [3.63, 3.8) is 0 Å². The van der Waals surface area contributed by atoms with E-state index in [1.807, 2.05) is 56.3 Å². The van der Waals surface area contributed by atoms with Crippen molar-refractivity contribution in [1.29, 1.82) is 0 Å². The summed E-state index contributed by atoms with van der Waals surface area (Å²) in [6.07, 6.45) is 1.99. The SMILES string of the molecule is CCCOc1ccccc1[C@@H]1C(C(=O)OC)=C(C)NC2=C1C(=O)C[C@H](c1ccccc1)C2. The molecular weight excluding hydrogens is 402 g/mol. The number of Topliss-reactive ketones (excluding diaryl/α,β-unsaturated/α-hetero) is 1. The van der Waals surface area contributed by atoms with Crippen LogP contribution in [0.1, 0.15) is 56.1 Å². The summed E-state index contributed by atoms with van der Waals surface area (Å²) < 4.78 is 11.1. The van der Waals surface area contributed by atoms with Crippen molar-refractivity contribution in [2.75, 3.05) is 13.7 Å². The minimum atomic E-state index is -0.518. The lowest BCUT2D eigenvalue weighted by Gasteiger charge is -2.37. The van der Waals surface area contributed by atoms with Gasteiger partial charge in [-0.05, 0) is 37.3 Å². The average Bonchev–Trinajstić information content (AvgIpc) is 2.82. The van der Waals surface area contributed by atoms with Gasteiger partial charge in [0.2, 0.25) is 0 Å². The largest absolute Gasteiger partial charge is 0.493 e. The van der Waals surface area contributed by atoms with Crippen LogP contribution in [-0.2, 0) is 14.3 Å². The number of hydrogen-bond acceptors (Lipinski definition) is 5. The fourth-order valence-corrected chi connectivity index (χ4v) is 4.75. The highest BCUT2D eigenvalue weighted by Crippen LogP contribution is 2.47. The molecule has 2 aliphatic rings. The Kier molecular flexibility index (Phi) is 6.45. The summed E-state index contributed by atoms with van der Waals surface area (Å²) in [6, 6.07) is 17.8. The molecule has 5 heteroatoms. The molecule has 0 bridgehead atoms. The van der Waals surface area contributed by atoms with Crippen LogP contribution in [0.2, 0.25) is 0 Å². The number of carbonyl (C=O) groups excluding carboxylic acids is 2. The zero-order valence-electron chi connectivity index (χ0n) is 18.8. The van der Waals surface area contributed by atoms with Crippen LogP contribution in [0.25, 0.3) is 0 Å². The van der Waals surface area contributed by atoms with Gasteiger partial charge >= 0.3 is 5.97 Å². The molecule has 5 nitrogen and oxygen atoms in total. The number of allylic oxidation sites excluding steroid dienone is 3. The molecule has 32 heavy (non-hydrogen) atoms. The van der Waals surface area contributed by atoms with Gasteiger partial charge in [-0.25, -0.2) is 4.79 Å². The van der Waals surface area contributed by atoms with E-state index in [-0.39, 0.29) is 11.7 Å². The van der Waals surface area contributed by atoms with Gasteiger partial charge in [0.15, 0.2) is 5.78 Å². The van der Waals surface area contributed by atoms with Crippen LogP contribution in [0.4, 0.5) is 0 Å². The van der Waals surface area contributed by atoms with E-state index in [4.69, 9.17) is 9.47 Å². The Morgan fingerprint density at radius 2 is 1.78 bits per heavy atom. The van der Waals surface area contributed by atoms with Crippen LogP contribution in [0.3, 0.4) is 0 Å². The summed E-state index contributed by atoms with van der Waals surface area (Å²) in [5.74, 6) is -0.0995. The van der Waals surface area contributed by atoms with E-state index in [9.17, 15) is 9.59 Å². The minimum absolute atomic E-state index is 0.0526. The first kappa shape index (κ1) is 21.9. The number of methoxy groups -OCH3 is 1. The van der Waals surface area contributed by atoms with Gasteiger partial charge in [0.05, 0.1) is 25.2 Å². The lowest BCUT2D eigenvalue weighted by atomic mass is 9.71. The van der Waals surface area contributed by atoms with Crippen LogP contribution in [0, 0.1) is 0 Å². The molecular formula is C27H29NO4. The third kappa shape index (κ3) is 4.07. The van der Waals surface area contributed by atoms with E-state index in [2.05, 4.69) is 17.4 Å². The van der Waals surface area contributed by atoms with Crippen molar-refractivity contribution in [2.24, 2.45) is 0 Å². The Morgan fingerprint density at radius 3 is 2.50 bits per heavy atom. The number of esters is 1. The van der Waals surface area contributed by atoms with E-state index >= 15 is 0 Å². The second-order valence-electron chi connectivity index (χ2n) is 8.31. The summed E-state index contributed by atoms with van der Waals surface area (Å²) in [7, 11) is 1.37. The van der Waals surface area contributed by atoms with Crippen molar-refractivity contribution in [3.8, 4) is 5.75 Å². The molecule has 0 unspecified atom stereocenters.